The Bertz CT molecular complexity index is 341. The molecule has 0 aromatic carbocycles. The first-order valence-corrected chi connectivity index (χ1v) is 3.25. The van der Waals surface area contributed by atoms with Crippen molar-refractivity contribution in [1.82, 2.24) is 4.98 Å². The number of nitrogens with two attached hydrogens (primary N) is 1. The number of aromatic nitrogens is 1. The topological polar surface area (TPSA) is 56.0 Å². The van der Waals surface area contributed by atoms with Crippen LogP contribution in [0.3, 0.4) is 0 Å². The number of pyridine rings is 1. The molecular weight excluding hydrogens is 185 g/mol. The summed E-state index contributed by atoms with van der Waals surface area (Å²) in [6, 6.07) is 0. The molecule has 0 spiro atoms. The maximum Gasteiger partial charge on any atom is 0.266 e. The van der Waals surface area contributed by atoms with Gasteiger partial charge in [0.25, 0.3) is 12.3 Å². The van der Waals surface area contributed by atoms with Gasteiger partial charge in [-0.2, -0.15) is 0 Å². The van der Waals surface area contributed by atoms with Crippen LogP contribution in [-0.4, -0.2) is 10.9 Å². The van der Waals surface area contributed by atoms with Gasteiger partial charge in [-0.15, -0.1) is 0 Å². The Morgan fingerprint density at radius 2 is 2.08 bits per heavy atom. The summed E-state index contributed by atoms with van der Waals surface area (Å²) in [6.07, 6.45) is -1.59. The summed E-state index contributed by atoms with van der Waals surface area (Å²) in [4.78, 5) is 13.8. The molecule has 0 aliphatic carbocycles. The minimum absolute atomic E-state index is 0.659. The molecule has 1 aromatic heterocycles. The van der Waals surface area contributed by atoms with Gasteiger partial charge in [0, 0.05) is 6.20 Å². The van der Waals surface area contributed by atoms with Crippen LogP contribution >= 0.6 is 0 Å². The molecule has 70 valence electrons. The number of hydrogen-bond donors (Lipinski definition) is 1. The number of halogens is 3. The van der Waals surface area contributed by atoms with Gasteiger partial charge < -0.3 is 5.73 Å². The number of rotatable bonds is 2. The highest BCUT2D eigenvalue weighted by molar-refractivity contribution is 5.94. The van der Waals surface area contributed by atoms with Crippen molar-refractivity contribution in [3.8, 4) is 0 Å². The Morgan fingerprint density at radius 1 is 1.46 bits per heavy atom. The maximum atomic E-state index is 12.8. The SMILES string of the molecule is NC(=O)c1c(F)cncc1C(F)F. The van der Waals surface area contributed by atoms with E-state index in [4.69, 9.17) is 5.73 Å². The second kappa shape index (κ2) is 3.42. The summed E-state index contributed by atoms with van der Waals surface area (Å²) >= 11 is 0. The van der Waals surface area contributed by atoms with Gasteiger partial charge >= 0.3 is 0 Å². The molecule has 13 heavy (non-hydrogen) atoms. The number of nitrogens with zero attached hydrogens (tertiary/aromatic N) is 1. The van der Waals surface area contributed by atoms with E-state index in [0.29, 0.717) is 12.4 Å². The summed E-state index contributed by atoms with van der Waals surface area (Å²) < 4.78 is 37.1. The highest BCUT2D eigenvalue weighted by atomic mass is 19.3. The van der Waals surface area contributed by atoms with Crippen LogP contribution in [0, 0.1) is 5.82 Å². The van der Waals surface area contributed by atoms with Gasteiger partial charge in [0.05, 0.1) is 17.3 Å². The third-order valence-electron chi connectivity index (χ3n) is 1.41. The lowest BCUT2D eigenvalue weighted by Gasteiger charge is -2.04. The summed E-state index contributed by atoms with van der Waals surface area (Å²) in [5, 5.41) is 0. The molecule has 0 radical (unpaired) electrons. The summed E-state index contributed by atoms with van der Waals surface area (Å²) in [7, 11) is 0. The summed E-state index contributed by atoms with van der Waals surface area (Å²) in [5.74, 6) is -2.36. The molecule has 1 rings (SSSR count). The van der Waals surface area contributed by atoms with E-state index in [2.05, 4.69) is 4.98 Å². The van der Waals surface area contributed by atoms with E-state index in [1.807, 2.05) is 0 Å². The van der Waals surface area contributed by atoms with Gasteiger partial charge in [0.15, 0.2) is 5.82 Å². The Morgan fingerprint density at radius 3 is 2.46 bits per heavy atom. The largest absolute Gasteiger partial charge is 0.365 e. The Hall–Kier alpha value is -1.59. The van der Waals surface area contributed by atoms with Gasteiger partial charge in [-0.1, -0.05) is 0 Å². The molecule has 0 unspecified atom stereocenters. The van der Waals surface area contributed by atoms with Crippen LogP contribution in [0.1, 0.15) is 22.3 Å². The zero-order chi connectivity index (χ0) is 10.0. The molecule has 0 aliphatic rings. The van der Waals surface area contributed by atoms with Crippen LogP contribution in [0.2, 0.25) is 0 Å². The van der Waals surface area contributed by atoms with Crippen molar-refractivity contribution in [3.63, 3.8) is 0 Å². The van der Waals surface area contributed by atoms with E-state index < -0.39 is 29.3 Å². The van der Waals surface area contributed by atoms with Gasteiger partial charge in [0.1, 0.15) is 0 Å². The van der Waals surface area contributed by atoms with Crippen LogP contribution in [0.15, 0.2) is 12.4 Å². The predicted molar refractivity (Wildman–Crippen MR) is 37.7 cm³/mol. The number of primary amides is 1. The van der Waals surface area contributed by atoms with Crippen LogP contribution < -0.4 is 5.73 Å². The van der Waals surface area contributed by atoms with E-state index in [0.717, 1.165) is 0 Å². The van der Waals surface area contributed by atoms with Crippen molar-refractivity contribution < 1.29 is 18.0 Å². The van der Waals surface area contributed by atoms with Crippen molar-refractivity contribution >= 4 is 5.91 Å². The van der Waals surface area contributed by atoms with Crippen LogP contribution in [0.5, 0.6) is 0 Å². The number of amides is 1. The zero-order valence-electron chi connectivity index (χ0n) is 6.30. The van der Waals surface area contributed by atoms with Crippen molar-refractivity contribution in [2.45, 2.75) is 6.43 Å². The smallest absolute Gasteiger partial charge is 0.266 e. The molecule has 0 fully saturated rings. The molecule has 0 atom stereocenters. The first-order valence-electron chi connectivity index (χ1n) is 3.25. The van der Waals surface area contributed by atoms with E-state index in [-0.39, 0.29) is 0 Å². The lowest BCUT2D eigenvalue weighted by molar-refractivity contribution is 0.0980. The van der Waals surface area contributed by atoms with Crippen LogP contribution in [0.25, 0.3) is 0 Å². The molecular formula is C7H5F3N2O. The standard InChI is InChI=1S/C7H5F3N2O/c8-4-2-12-1-3(6(9)10)5(4)7(11)13/h1-2,6H,(H2,11,13). The Labute approximate surface area is 71.4 Å². The van der Waals surface area contributed by atoms with Crippen molar-refractivity contribution in [1.29, 1.82) is 0 Å². The van der Waals surface area contributed by atoms with Gasteiger partial charge in [0.2, 0.25) is 0 Å². The maximum absolute atomic E-state index is 12.8. The van der Waals surface area contributed by atoms with E-state index >= 15 is 0 Å². The van der Waals surface area contributed by atoms with Crippen LogP contribution in [0.4, 0.5) is 13.2 Å². The van der Waals surface area contributed by atoms with Gasteiger partial charge in [-0.05, 0) is 0 Å². The number of hydrogen-bond acceptors (Lipinski definition) is 2. The molecule has 0 saturated heterocycles. The Balaban J connectivity index is 3.34. The van der Waals surface area contributed by atoms with Gasteiger partial charge in [-0.3, -0.25) is 9.78 Å². The fourth-order valence-electron chi connectivity index (χ4n) is 0.875. The molecule has 0 aliphatic heterocycles. The number of carbonyl (C=O) groups is 1. The zero-order valence-corrected chi connectivity index (χ0v) is 6.30. The lowest BCUT2D eigenvalue weighted by atomic mass is 10.1. The fourth-order valence-corrected chi connectivity index (χ4v) is 0.875. The molecule has 0 saturated carbocycles. The van der Waals surface area contributed by atoms with E-state index in [1.165, 1.54) is 0 Å². The molecule has 1 aromatic rings. The second-order valence-electron chi connectivity index (χ2n) is 2.25. The quantitative estimate of drug-likeness (QED) is 0.763. The van der Waals surface area contributed by atoms with Crippen LogP contribution in [-0.2, 0) is 0 Å². The molecule has 2 N–H and O–H groups in total. The monoisotopic (exact) mass is 190 g/mol. The van der Waals surface area contributed by atoms with E-state index in [9.17, 15) is 18.0 Å². The third kappa shape index (κ3) is 1.77. The first kappa shape index (κ1) is 9.50. The first-order chi connectivity index (χ1) is 6.04. The normalized spacial score (nSPS) is 10.5. The minimum atomic E-state index is -2.97. The Kier molecular flexibility index (Phi) is 2.50. The number of carbonyl (C=O) groups excluding carboxylic acids is 1. The fraction of sp³-hybridized carbons (Fsp3) is 0.143. The van der Waals surface area contributed by atoms with Gasteiger partial charge in [-0.25, -0.2) is 13.2 Å². The molecule has 3 nitrogen and oxygen atoms in total. The average Bonchev–Trinajstić information content (AvgIpc) is 2.02. The van der Waals surface area contributed by atoms with Crippen molar-refractivity contribution in [2.75, 3.05) is 0 Å². The molecule has 1 heterocycles. The summed E-state index contributed by atoms with van der Waals surface area (Å²) in [5.41, 5.74) is 3.13. The third-order valence-corrected chi connectivity index (χ3v) is 1.41. The lowest BCUT2D eigenvalue weighted by Crippen LogP contribution is -2.16. The highest BCUT2D eigenvalue weighted by Gasteiger charge is 2.20. The second-order valence-corrected chi connectivity index (χ2v) is 2.25. The van der Waals surface area contributed by atoms with Crippen molar-refractivity contribution in [2.24, 2.45) is 5.73 Å². The highest BCUT2D eigenvalue weighted by Crippen LogP contribution is 2.23. The molecule has 1 amide bonds. The predicted octanol–water partition coefficient (Wildman–Crippen LogP) is 1.26. The minimum Gasteiger partial charge on any atom is -0.365 e. The van der Waals surface area contributed by atoms with Crippen molar-refractivity contribution in [3.05, 3.63) is 29.3 Å². The summed E-state index contributed by atoms with van der Waals surface area (Å²) in [6.45, 7) is 0. The van der Waals surface area contributed by atoms with E-state index in [1.54, 1.807) is 0 Å². The molecule has 0 bridgehead atoms. The average molecular weight is 190 g/mol. The number of alkyl halides is 2. The molecule has 6 heteroatoms.